The minimum atomic E-state index is -0.466. The summed E-state index contributed by atoms with van der Waals surface area (Å²) in [6.07, 6.45) is 4.80. The monoisotopic (exact) mass is 330 g/mol. The molecule has 1 aromatic carbocycles. The first kappa shape index (κ1) is 17.0. The van der Waals surface area contributed by atoms with Crippen LogP contribution in [0.1, 0.15) is 56.2 Å². The van der Waals surface area contributed by atoms with Crippen LogP contribution in [-0.4, -0.2) is 40.5 Å². The van der Waals surface area contributed by atoms with E-state index in [1.54, 1.807) is 11.8 Å². The van der Waals surface area contributed by atoms with Crippen molar-refractivity contribution < 1.29 is 14.7 Å². The smallest absolute Gasteiger partial charge is 0.222 e. The van der Waals surface area contributed by atoms with Gasteiger partial charge in [0, 0.05) is 13.5 Å². The van der Waals surface area contributed by atoms with Gasteiger partial charge in [0.2, 0.25) is 11.8 Å². The van der Waals surface area contributed by atoms with Crippen molar-refractivity contribution in [3.05, 3.63) is 35.4 Å². The maximum Gasteiger partial charge on any atom is 0.222 e. The average Bonchev–Trinajstić information content (AvgIpc) is 3.03. The highest BCUT2D eigenvalue weighted by Crippen LogP contribution is 2.34. The van der Waals surface area contributed by atoms with Gasteiger partial charge in [-0.1, -0.05) is 37.1 Å². The van der Waals surface area contributed by atoms with Gasteiger partial charge in [-0.15, -0.1) is 0 Å². The van der Waals surface area contributed by atoms with Crippen LogP contribution in [0.25, 0.3) is 0 Å². The first-order valence-corrected chi connectivity index (χ1v) is 8.81. The lowest BCUT2D eigenvalue weighted by atomic mass is 9.90. The predicted molar refractivity (Wildman–Crippen MR) is 91.3 cm³/mol. The molecule has 1 aromatic rings. The molecule has 2 amide bonds. The number of hydrogen-bond donors (Lipinski definition) is 2. The lowest BCUT2D eigenvalue weighted by Crippen LogP contribution is -2.50. The summed E-state index contributed by atoms with van der Waals surface area (Å²) < 4.78 is 0. The minimum absolute atomic E-state index is 0.0000379. The summed E-state index contributed by atoms with van der Waals surface area (Å²) in [7, 11) is 0. The van der Waals surface area contributed by atoms with E-state index >= 15 is 0 Å². The highest BCUT2D eigenvalue weighted by Gasteiger charge is 2.36. The third kappa shape index (κ3) is 3.31. The van der Waals surface area contributed by atoms with Gasteiger partial charge in [0.1, 0.15) is 0 Å². The summed E-state index contributed by atoms with van der Waals surface area (Å²) in [6, 6.07) is 7.83. The van der Waals surface area contributed by atoms with Gasteiger partial charge in [-0.05, 0) is 30.4 Å². The molecule has 3 rings (SSSR count). The molecular formula is C19H26N2O3. The van der Waals surface area contributed by atoms with Crippen LogP contribution >= 0.6 is 0 Å². The molecule has 24 heavy (non-hydrogen) atoms. The second kappa shape index (κ2) is 6.93. The molecule has 0 saturated heterocycles. The van der Waals surface area contributed by atoms with Gasteiger partial charge in [0.25, 0.3) is 0 Å². The van der Waals surface area contributed by atoms with Crippen molar-refractivity contribution in [2.24, 2.45) is 0 Å². The van der Waals surface area contributed by atoms with Gasteiger partial charge in [-0.3, -0.25) is 9.59 Å². The van der Waals surface area contributed by atoms with E-state index in [-0.39, 0.29) is 30.9 Å². The summed E-state index contributed by atoms with van der Waals surface area (Å²) in [6.45, 7) is 2.19. The topological polar surface area (TPSA) is 69.6 Å². The van der Waals surface area contributed by atoms with Crippen LogP contribution in [0.4, 0.5) is 0 Å². The number of aliphatic hydroxyl groups excluding tert-OH is 1. The quantitative estimate of drug-likeness (QED) is 0.886. The Labute approximate surface area is 143 Å². The maximum absolute atomic E-state index is 12.6. The van der Waals surface area contributed by atoms with E-state index in [9.17, 15) is 14.7 Å². The molecule has 0 spiro atoms. The lowest BCUT2D eigenvalue weighted by molar-refractivity contribution is -0.133. The second-order valence-corrected chi connectivity index (χ2v) is 7.07. The van der Waals surface area contributed by atoms with Crippen molar-refractivity contribution >= 4 is 11.8 Å². The zero-order chi connectivity index (χ0) is 17.2. The molecule has 2 N–H and O–H groups in total. The standard InChI is InChI=1S/C19H26N2O3/c1-14(23)21-11-8-15-6-2-3-7-16(15)17(21)12-18(24)20-19(13-22)9-4-5-10-19/h2-3,6-7,17,22H,4-5,8-13H2,1H3,(H,20,24). The molecule has 2 aliphatic rings. The molecule has 0 bridgehead atoms. The van der Waals surface area contributed by atoms with E-state index in [2.05, 4.69) is 11.4 Å². The van der Waals surface area contributed by atoms with E-state index in [0.717, 1.165) is 37.7 Å². The van der Waals surface area contributed by atoms with Crippen LogP contribution in [0.2, 0.25) is 0 Å². The Morgan fingerprint density at radius 1 is 1.29 bits per heavy atom. The van der Waals surface area contributed by atoms with E-state index in [4.69, 9.17) is 0 Å². The number of carbonyl (C=O) groups is 2. The van der Waals surface area contributed by atoms with Crippen LogP contribution < -0.4 is 5.32 Å². The maximum atomic E-state index is 12.6. The zero-order valence-corrected chi connectivity index (χ0v) is 14.3. The number of hydrogen-bond acceptors (Lipinski definition) is 3. The third-order valence-electron chi connectivity index (χ3n) is 5.46. The Bertz CT molecular complexity index is 623. The molecule has 1 aliphatic carbocycles. The van der Waals surface area contributed by atoms with Crippen molar-refractivity contribution in [1.82, 2.24) is 10.2 Å². The van der Waals surface area contributed by atoms with Gasteiger partial charge < -0.3 is 15.3 Å². The van der Waals surface area contributed by atoms with Gasteiger partial charge in [0.05, 0.1) is 24.6 Å². The number of aliphatic hydroxyl groups is 1. The number of rotatable bonds is 4. The van der Waals surface area contributed by atoms with Crippen molar-refractivity contribution in [1.29, 1.82) is 0 Å². The summed E-state index contributed by atoms with van der Waals surface area (Å²) in [5.74, 6) is -0.0843. The molecule has 1 atom stereocenters. The van der Waals surface area contributed by atoms with Gasteiger partial charge in [0.15, 0.2) is 0 Å². The normalized spacial score (nSPS) is 22.1. The van der Waals surface area contributed by atoms with Crippen molar-refractivity contribution in [3.63, 3.8) is 0 Å². The number of fused-ring (bicyclic) bond motifs is 1. The SMILES string of the molecule is CC(=O)N1CCc2ccccc2C1CC(=O)NC1(CO)CCCC1. The molecule has 1 heterocycles. The van der Waals surface area contributed by atoms with Crippen LogP contribution in [0.3, 0.4) is 0 Å². The van der Waals surface area contributed by atoms with Crippen LogP contribution in [-0.2, 0) is 16.0 Å². The van der Waals surface area contributed by atoms with Crippen molar-refractivity contribution in [2.75, 3.05) is 13.2 Å². The van der Waals surface area contributed by atoms with Gasteiger partial charge in [-0.25, -0.2) is 0 Å². The first-order valence-electron chi connectivity index (χ1n) is 8.81. The highest BCUT2D eigenvalue weighted by molar-refractivity contribution is 5.80. The molecule has 130 valence electrons. The Kier molecular flexibility index (Phi) is 4.90. The zero-order valence-electron chi connectivity index (χ0n) is 14.3. The largest absolute Gasteiger partial charge is 0.394 e. The van der Waals surface area contributed by atoms with Crippen LogP contribution in [0.15, 0.2) is 24.3 Å². The Balaban J connectivity index is 1.78. The molecule has 0 aromatic heterocycles. The summed E-state index contributed by atoms with van der Waals surface area (Å²) in [4.78, 5) is 26.5. The fourth-order valence-electron chi connectivity index (χ4n) is 4.15. The molecule has 1 saturated carbocycles. The summed E-state index contributed by atoms with van der Waals surface area (Å²) in [5.41, 5.74) is 1.82. The number of benzene rings is 1. The molecule has 5 nitrogen and oxygen atoms in total. The molecule has 1 aliphatic heterocycles. The second-order valence-electron chi connectivity index (χ2n) is 7.07. The van der Waals surface area contributed by atoms with Crippen LogP contribution in [0, 0.1) is 0 Å². The molecule has 1 unspecified atom stereocenters. The predicted octanol–water partition coefficient (Wildman–Crippen LogP) is 1.94. The molecular weight excluding hydrogens is 304 g/mol. The van der Waals surface area contributed by atoms with E-state index in [1.165, 1.54) is 5.56 Å². The van der Waals surface area contributed by atoms with Crippen LogP contribution in [0.5, 0.6) is 0 Å². The number of carbonyl (C=O) groups excluding carboxylic acids is 2. The number of nitrogens with one attached hydrogen (secondary N) is 1. The Morgan fingerprint density at radius 3 is 2.67 bits per heavy atom. The van der Waals surface area contributed by atoms with E-state index in [0.29, 0.717) is 6.54 Å². The molecule has 0 radical (unpaired) electrons. The fourth-order valence-corrected chi connectivity index (χ4v) is 4.15. The first-order chi connectivity index (χ1) is 11.5. The number of amides is 2. The van der Waals surface area contributed by atoms with E-state index < -0.39 is 5.54 Å². The highest BCUT2D eigenvalue weighted by atomic mass is 16.3. The van der Waals surface area contributed by atoms with Gasteiger partial charge >= 0.3 is 0 Å². The Hall–Kier alpha value is -1.88. The van der Waals surface area contributed by atoms with E-state index in [1.807, 2.05) is 18.2 Å². The third-order valence-corrected chi connectivity index (χ3v) is 5.46. The summed E-state index contributed by atoms with van der Waals surface area (Å²) in [5, 5.41) is 12.7. The average molecular weight is 330 g/mol. The number of nitrogens with zero attached hydrogens (tertiary/aromatic N) is 1. The lowest BCUT2D eigenvalue weighted by Gasteiger charge is -2.37. The van der Waals surface area contributed by atoms with Crippen molar-refractivity contribution in [3.8, 4) is 0 Å². The van der Waals surface area contributed by atoms with Gasteiger partial charge in [-0.2, -0.15) is 0 Å². The Morgan fingerprint density at radius 2 is 2.00 bits per heavy atom. The summed E-state index contributed by atoms with van der Waals surface area (Å²) >= 11 is 0. The minimum Gasteiger partial charge on any atom is -0.394 e. The van der Waals surface area contributed by atoms with Crippen molar-refractivity contribution in [2.45, 2.75) is 57.0 Å². The molecule has 5 heteroatoms. The fraction of sp³-hybridized carbons (Fsp3) is 0.579. The molecule has 1 fully saturated rings.